The first-order valence-electron chi connectivity index (χ1n) is 9.72. The summed E-state index contributed by atoms with van der Waals surface area (Å²) in [6.45, 7) is 3.19. The van der Waals surface area contributed by atoms with Crippen LogP contribution < -0.4 is 25.1 Å². The number of amides is 1. The molecule has 0 atom stereocenters. The smallest absolute Gasteiger partial charge is 0.257 e. The molecule has 0 aliphatic carbocycles. The van der Waals surface area contributed by atoms with E-state index in [1.54, 1.807) is 50.2 Å². The molecule has 32 heavy (non-hydrogen) atoms. The molecule has 0 bridgehead atoms. The highest BCUT2D eigenvalue weighted by molar-refractivity contribution is 6.30. The van der Waals surface area contributed by atoms with Gasteiger partial charge in [0.2, 0.25) is 11.7 Å². The molecule has 0 saturated carbocycles. The van der Waals surface area contributed by atoms with Crippen LogP contribution in [0.2, 0.25) is 5.02 Å². The van der Waals surface area contributed by atoms with Crippen LogP contribution in [0.5, 0.6) is 17.2 Å². The van der Waals surface area contributed by atoms with E-state index in [2.05, 4.69) is 10.3 Å². The number of carbonyl (C=O) groups excluding carboxylic acids is 1. The maximum Gasteiger partial charge on any atom is 0.257 e. The first-order chi connectivity index (χ1) is 15.3. The highest BCUT2D eigenvalue weighted by Gasteiger charge is 2.18. The van der Waals surface area contributed by atoms with Crippen molar-refractivity contribution in [2.24, 2.45) is 0 Å². The highest BCUT2D eigenvalue weighted by atomic mass is 35.5. The number of methoxy groups -OCH3 is 3. The number of benzene rings is 2. The van der Waals surface area contributed by atoms with E-state index in [-0.39, 0.29) is 12.1 Å². The molecule has 1 heterocycles. The molecule has 0 fully saturated rings. The Morgan fingerprint density at radius 1 is 1.06 bits per heavy atom. The molecule has 1 N–H and O–H groups in total. The third-order valence-corrected chi connectivity index (χ3v) is 5.21. The molecule has 0 unspecified atom stereocenters. The predicted octanol–water partition coefficient (Wildman–Crippen LogP) is 3.85. The lowest BCUT2D eigenvalue weighted by Crippen LogP contribution is -2.31. The minimum Gasteiger partial charge on any atom is -0.493 e. The molecule has 0 spiro atoms. The normalized spacial score (nSPS) is 10.6. The molecule has 1 amide bonds. The minimum absolute atomic E-state index is 0.245. The lowest BCUT2D eigenvalue weighted by atomic mass is 10.1. The quantitative estimate of drug-likeness (QED) is 0.579. The number of rotatable bonds is 7. The largest absolute Gasteiger partial charge is 0.493 e. The Morgan fingerprint density at radius 2 is 1.72 bits per heavy atom. The van der Waals surface area contributed by atoms with Crippen LogP contribution in [0, 0.1) is 13.8 Å². The molecule has 2 aromatic carbocycles. The second kappa shape index (κ2) is 9.74. The van der Waals surface area contributed by atoms with Crippen LogP contribution in [-0.2, 0) is 11.3 Å². The lowest BCUT2D eigenvalue weighted by Gasteiger charge is -2.16. The fourth-order valence-corrected chi connectivity index (χ4v) is 3.44. The summed E-state index contributed by atoms with van der Waals surface area (Å²) in [6, 6.07) is 10.2. The van der Waals surface area contributed by atoms with Crippen molar-refractivity contribution in [2.75, 3.05) is 26.6 Å². The zero-order chi connectivity index (χ0) is 23.4. The monoisotopic (exact) mass is 457 g/mol. The predicted molar refractivity (Wildman–Crippen MR) is 123 cm³/mol. The van der Waals surface area contributed by atoms with Crippen molar-refractivity contribution >= 4 is 23.2 Å². The molecule has 168 valence electrons. The first-order valence-corrected chi connectivity index (χ1v) is 10.1. The van der Waals surface area contributed by atoms with Gasteiger partial charge in [0.05, 0.1) is 21.3 Å². The molecule has 8 nitrogen and oxygen atoms in total. The molecule has 3 rings (SSSR count). The minimum atomic E-state index is -0.422. The van der Waals surface area contributed by atoms with Crippen LogP contribution >= 0.6 is 11.6 Å². The van der Waals surface area contributed by atoms with Crippen molar-refractivity contribution in [1.82, 2.24) is 9.55 Å². The van der Waals surface area contributed by atoms with Gasteiger partial charge in [-0.2, -0.15) is 0 Å². The highest BCUT2D eigenvalue weighted by Crippen LogP contribution is 2.39. The van der Waals surface area contributed by atoms with Crippen LogP contribution in [0.3, 0.4) is 0 Å². The van der Waals surface area contributed by atoms with Crippen molar-refractivity contribution in [3.05, 3.63) is 63.0 Å². The van der Waals surface area contributed by atoms with E-state index in [0.717, 1.165) is 0 Å². The number of aromatic nitrogens is 2. The zero-order valence-corrected chi connectivity index (χ0v) is 19.2. The molecule has 0 aliphatic rings. The summed E-state index contributed by atoms with van der Waals surface area (Å²) in [4.78, 5) is 30.4. The van der Waals surface area contributed by atoms with E-state index in [1.165, 1.54) is 25.9 Å². The fraction of sp³-hybridized carbons (Fsp3) is 0.261. The van der Waals surface area contributed by atoms with Gasteiger partial charge in [-0.05, 0) is 26.0 Å². The fourth-order valence-electron chi connectivity index (χ4n) is 3.25. The Labute approximate surface area is 190 Å². The Kier molecular flexibility index (Phi) is 7.05. The van der Waals surface area contributed by atoms with Crippen LogP contribution in [0.1, 0.15) is 11.3 Å². The van der Waals surface area contributed by atoms with E-state index >= 15 is 0 Å². The SMILES string of the molecule is COc1cc(NC(=O)Cn2c(-c3cccc(Cl)c3)nc(C)c(C)c2=O)cc(OC)c1OC. The van der Waals surface area contributed by atoms with Gasteiger partial charge in [0.15, 0.2) is 11.5 Å². The molecule has 3 aromatic rings. The summed E-state index contributed by atoms with van der Waals surface area (Å²) in [5.41, 5.74) is 1.83. The van der Waals surface area contributed by atoms with E-state index in [0.29, 0.717) is 50.6 Å². The van der Waals surface area contributed by atoms with Crippen LogP contribution in [0.4, 0.5) is 5.69 Å². The number of ether oxygens (including phenoxy) is 3. The Balaban J connectivity index is 1.98. The number of hydrogen-bond donors (Lipinski definition) is 1. The molecule has 0 saturated heterocycles. The number of hydrogen-bond acceptors (Lipinski definition) is 6. The third kappa shape index (κ3) is 4.70. The van der Waals surface area contributed by atoms with E-state index in [4.69, 9.17) is 25.8 Å². The summed E-state index contributed by atoms with van der Waals surface area (Å²) >= 11 is 6.12. The van der Waals surface area contributed by atoms with Crippen LogP contribution in [0.25, 0.3) is 11.4 Å². The molecular formula is C23H24ClN3O5. The van der Waals surface area contributed by atoms with E-state index in [9.17, 15) is 9.59 Å². The summed E-state index contributed by atoms with van der Waals surface area (Å²) in [5.74, 6) is 1.14. The number of carbonyl (C=O) groups is 1. The van der Waals surface area contributed by atoms with E-state index in [1.807, 2.05) is 0 Å². The topological polar surface area (TPSA) is 91.7 Å². The second-order valence-electron chi connectivity index (χ2n) is 7.01. The third-order valence-electron chi connectivity index (χ3n) is 4.97. The average Bonchev–Trinajstić information content (AvgIpc) is 2.78. The van der Waals surface area contributed by atoms with Gasteiger partial charge in [0, 0.05) is 39.7 Å². The number of anilines is 1. The standard InChI is InChI=1S/C23H24ClN3O5/c1-13-14(2)25-22(15-7-6-8-16(24)9-15)27(23(13)29)12-20(28)26-17-10-18(30-3)21(32-5)19(11-17)31-4/h6-11H,12H2,1-5H3,(H,26,28). The number of aryl methyl sites for hydroxylation is 1. The molecule has 1 aromatic heterocycles. The van der Waals surface area contributed by atoms with Gasteiger partial charge in [-0.1, -0.05) is 23.7 Å². The Hall–Kier alpha value is -3.52. The van der Waals surface area contributed by atoms with Gasteiger partial charge in [-0.15, -0.1) is 0 Å². The summed E-state index contributed by atoms with van der Waals surface area (Å²) in [6.07, 6.45) is 0. The maximum atomic E-state index is 13.0. The van der Waals surface area contributed by atoms with Crippen molar-refractivity contribution in [3.63, 3.8) is 0 Å². The summed E-state index contributed by atoms with van der Waals surface area (Å²) in [7, 11) is 4.47. The average molecular weight is 458 g/mol. The molecule has 0 radical (unpaired) electrons. The first kappa shape index (κ1) is 23.1. The lowest BCUT2D eigenvalue weighted by molar-refractivity contribution is -0.116. The Morgan fingerprint density at radius 3 is 2.28 bits per heavy atom. The maximum absolute atomic E-state index is 13.0. The van der Waals surface area contributed by atoms with Crippen LogP contribution in [-0.4, -0.2) is 36.8 Å². The van der Waals surface area contributed by atoms with Gasteiger partial charge in [0.1, 0.15) is 12.4 Å². The molecular weight excluding hydrogens is 434 g/mol. The molecule has 9 heteroatoms. The van der Waals surface area contributed by atoms with Crippen molar-refractivity contribution < 1.29 is 19.0 Å². The van der Waals surface area contributed by atoms with Gasteiger partial charge in [-0.3, -0.25) is 14.2 Å². The second-order valence-corrected chi connectivity index (χ2v) is 7.45. The number of nitrogens with one attached hydrogen (secondary N) is 1. The number of halogens is 1. The zero-order valence-electron chi connectivity index (χ0n) is 18.5. The van der Waals surface area contributed by atoms with Crippen LogP contribution in [0.15, 0.2) is 41.2 Å². The van der Waals surface area contributed by atoms with Crippen molar-refractivity contribution in [3.8, 4) is 28.6 Å². The summed E-state index contributed by atoms with van der Waals surface area (Å²) < 4.78 is 17.3. The summed E-state index contributed by atoms with van der Waals surface area (Å²) in [5, 5.41) is 3.28. The van der Waals surface area contributed by atoms with Crippen molar-refractivity contribution in [1.29, 1.82) is 0 Å². The number of nitrogens with zero attached hydrogens (tertiary/aromatic N) is 2. The van der Waals surface area contributed by atoms with Gasteiger partial charge in [-0.25, -0.2) is 4.98 Å². The van der Waals surface area contributed by atoms with E-state index < -0.39 is 5.91 Å². The van der Waals surface area contributed by atoms with Gasteiger partial charge < -0.3 is 19.5 Å². The van der Waals surface area contributed by atoms with Gasteiger partial charge in [0.25, 0.3) is 5.56 Å². The molecule has 0 aliphatic heterocycles. The van der Waals surface area contributed by atoms with Crippen molar-refractivity contribution in [2.45, 2.75) is 20.4 Å². The Bertz CT molecular complexity index is 1200. The van der Waals surface area contributed by atoms with Gasteiger partial charge >= 0.3 is 0 Å².